The highest BCUT2D eigenvalue weighted by molar-refractivity contribution is 6.08. The van der Waals surface area contributed by atoms with E-state index in [4.69, 9.17) is 4.42 Å². The molecule has 1 fully saturated rings. The van der Waals surface area contributed by atoms with E-state index in [-0.39, 0.29) is 23.6 Å². The van der Waals surface area contributed by atoms with Crippen molar-refractivity contribution in [1.82, 2.24) is 10.3 Å². The highest BCUT2D eigenvalue weighted by atomic mass is 16.3. The zero-order valence-corrected chi connectivity index (χ0v) is 16.0. The van der Waals surface area contributed by atoms with Gasteiger partial charge in [-0.1, -0.05) is 31.0 Å². The Kier molecular flexibility index (Phi) is 5.70. The molecule has 1 N–H and O–H groups in total. The van der Waals surface area contributed by atoms with E-state index in [1.807, 2.05) is 30.3 Å². The molecule has 1 aliphatic carbocycles. The van der Waals surface area contributed by atoms with Crippen LogP contribution in [0.4, 0.5) is 5.69 Å². The van der Waals surface area contributed by atoms with Crippen molar-refractivity contribution in [2.75, 3.05) is 4.90 Å². The number of amides is 2. The molecule has 1 atom stereocenters. The molecule has 6 nitrogen and oxygen atoms in total. The third-order valence-electron chi connectivity index (χ3n) is 5.22. The number of para-hydroxylation sites is 1. The van der Waals surface area contributed by atoms with Crippen LogP contribution < -0.4 is 10.2 Å². The van der Waals surface area contributed by atoms with Crippen LogP contribution in [0.25, 0.3) is 0 Å². The van der Waals surface area contributed by atoms with Crippen LogP contribution in [0.15, 0.2) is 77.7 Å². The smallest absolute Gasteiger partial charge is 0.294 e. The maximum atomic E-state index is 13.4. The van der Waals surface area contributed by atoms with E-state index in [1.165, 1.54) is 11.2 Å². The Bertz CT molecular complexity index is 936. The molecule has 1 aliphatic rings. The number of nitrogens with one attached hydrogen (secondary N) is 1. The molecule has 148 valence electrons. The van der Waals surface area contributed by atoms with E-state index in [0.29, 0.717) is 11.3 Å². The first-order valence-corrected chi connectivity index (χ1v) is 9.86. The van der Waals surface area contributed by atoms with Gasteiger partial charge in [-0.3, -0.25) is 19.5 Å². The first kappa shape index (κ1) is 18.9. The van der Waals surface area contributed by atoms with Gasteiger partial charge < -0.3 is 9.73 Å². The summed E-state index contributed by atoms with van der Waals surface area (Å²) in [6.07, 6.45) is 8.86. The van der Waals surface area contributed by atoms with Gasteiger partial charge in [0.25, 0.3) is 5.91 Å². The van der Waals surface area contributed by atoms with Crippen LogP contribution in [-0.4, -0.2) is 22.8 Å². The van der Waals surface area contributed by atoms with Crippen LogP contribution in [0.2, 0.25) is 0 Å². The average molecular weight is 389 g/mol. The minimum atomic E-state index is -0.835. The molecule has 0 radical (unpaired) electrons. The molecule has 0 bridgehead atoms. The summed E-state index contributed by atoms with van der Waals surface area (Å²) in [5.74, 6) is -0.391. The minimum absolute atomic E-state index is 0.142. The van der Waals surface area contributed by atoms with Gasteiger partial charge >= 0.3 is 0 Å². The molecule has 4 rings (SSSR count). The lowest BCUT2D eigenvalue weighted by atomic mass is 10.0. The van der Waals surface area contributed by atoms with Crippen molar-refractivity contribution >= 4 is 17.5 Å². The molecular weight excluding hydrogens is 366 g/mol. The number of hydrogen-bond donors (Lipinski definition) is 1. The molecule has 0 saturated heterocycles. The molecule has 2 aromatic heterocycles. The number of rotatable bonds is 6. The van der Waals surface area contributed by atoms with Gasteiger partial charge in [0.15, 0.2) is 5.76 Å². The Balaban J connectivity index is 1.77. The number of anilines is 1. The predicted molar refractivity (Wildman–Crippen MR) is 109 cm³/mol. The standard InChI is InChI=1S/C23H23N3O3/c27-22(25-18-7-4-5-8-18)21(17-12-14-24-15-13-17)26(19-9-2-1-3-10-19)23(28)20-11-6-16-29-20/h1-3,6,9-16,18,21H,4-5,7-8H2,(H,25,27)/t21-/m0/s1. The van der Waals surface area contributed by atoms with E-state index < -0.39 is 6.04 Å². The van der Waals surface area contributed by atoms with Crippen molar-refractivity contribution in [2.45, 2.75) is 37.8 Å². The molecule has 6 heteroatoms. The third kappa shape index (κ3) is 4.21. The van der Waals surface area contributed by atoms with E-state index in [2.05, 4.69) is 10.3 Å². The lowest BCUT2D eigenvalue weighted by molar-refractivity contribution is -0.123. The second-order valence-corrected chi connectivity index (χ2v) is 7.16. The lowest BCUT2D eigenvalue weighted by Crippen LogP contribution is -2.46. The fraction of sp³-hybridized carbons (Fsp3) is 0.261. The quantitative estimate of drug-likeness (QED) is 0.688. The monoisotopic (exact) mass is 389 g/mol. The molecule has 0 unspecified atom stereocenters. The Morgan fingerprint density at radius 3 is 2.38 bits per heavy atom. The number of hydrogen-bond acceptors (Lipinski definition) is 4. The van der Waals surface area contributed by atoms with Crippen LogP contribution in [0.1, 0.15) is 47.8 Å². The number of carbonyl (C=O) groups excluding carboxylic acids is 2. The van der Waals surface area contributed by atoms with Crippen molar-refractivity contribution in [3.05, 3.63) is 84.6 Å². The predicted octanol–water partition coefficient (Wildman–Crippen LogP) is 4.12. The minimum Gasteiger partial charge on any atom is -0.459 e. The molecule has 0 spiro atoms. The van der Waals surface area contributed by atoms with Crippen molar-refractivity contribution in [2.24, 2.45) is 0 Å². The van der Waals surface area contributed by atoms with Gasteiger partial charge in [-0.15, -0.1) is 0 Å². The van der Waals surface area contributed by atoms with Gasteiger partial charge in [0.2, 0.25) is 5.91 Å². The van der Waals surface area contributed by atoms with Gasteiger partial charge in [0.05, 0.1) is 6.26 Å². The number of furan rings is 1. The molecule has 1 aromatic carbocycles. The summed E-state index contributed by atoms with van der Waals surface area (Å²) in [6.45, 7) is 0. The van der Waals surface area contributed by atoms with Crippen molar-refractivity contribution in [3.63, 3.8) is 0 Å². The topological polar surface area (TPSA) is 75.4 Å². The Hall–Kier alpha value is -3.41. The first-order chi connectivity index (χ1) is 14.2. The van der Waals surface area contributed by atoms with Crippen LogP contribution >= 0.6 is 0 Å². The summed E-state index contributed by atoms with van der Waals surface area (Å²) in [6, 6.07) is 15.3. The molecule has 3 aromatic rings. The summed E-state index contributed by atoms with van der Waals surface area (Å²) in [4.78, 5) is 32.4. The van der Waals surface area contributed by atoms with Crippen LogP contribution in [0.5, 0.6) is 0 Å². The summed E-state index contributed by atoms with van der Waals surface area (Å²) >= 11 is 0. The molecule has 2 heterocycles. The van der Waals surface area contributed by atoms with Crippen molar-refractivity contribution in [3.8, 4) is 0 Å². The molecule has 29 heavy (non-hydrogen) atoms. The van der Waals surface area contributed by atoms with E-state index >= 15 is 0 Å². The fourth-order valence-electron chi connectivity index (χ4n) is 3.80. The van der Waals surface area contributed by atoms with Crippen LogP contribution in [-0.2, 0) is 4.79 Å². The number of pyridine rings is 1. The average Bonchev–Trinajstić information content (AvgIpc) is 3.47. The highest BCUT2D eigenvalue weighted by Gasteiger charge is 2.35. The molecule has 2 amide bonds. The first-order valence-electron chi connectivity index (χ1n) is 9.86. The normalized spacial score (nSPS) is 15.0. The zero-order valence-electron chi connectivity index (χ0n) is 16.0. The summed E-state index contributed by atoms with van der Waals surface area (Å²) in [5.41, 5.74) is 1.32. The van der Waals surface area contributed by atoms with Gasteiger partial charge in [-0.05, 0) is 54.8 Å². The van der Waals surface area contributed by atoms with Gasteiger partial charge in [0, 0.05) is 24.1 Å². The van der Waals surface area contributed by atoms with E-state index in [9.17, 15) is 9.59 Å². The van der Waals surface area contributed by atoms with Gasteiger partial charge in [-0.25, -0.2) is 0 Å². The second kappa shape index (κ2) is 8.73. The highest BCUT2D eigenvalue weighted by Crippen LogP contribution is 2.30. The number of benzene rings is 1. The van der Waals surface area contributed by atoms with Crippen LogP contribution in [0, 0.1) is 0 Å². The zero-order chi connectivity index (χ0) is 20.1. The van der Waals surface area contributed by atoms with Crippen molar-refractivity contribution in [1.29, 1.82) is 0 Å². The lowest BCUT2D eigenvalue weighted by Gasteiger charge is -2.31. The number of carbonyl (C=O) groups is 2. The third-order valence-corrected chi connectivity index (χ3v) is 5.22. The Labute approximate surface area is 169 Å². The Morgan fingerprint density at radius 1 is 1.00 bits per heavy atom. The number of nitrogens with zero attached hydrogens (tertiary/aromatic N) is 2. The molecule has 0 aliphatic heterocycles. The Morgan fingerprint density at radius 2 is 1.72 bits per heavy atom. The molecular formula is C23H23N3O3. The number of aromatic nitrogens is 1. The second-order valence-electron chi connectivity index (χ2n) is 7.16. The maximum Gasteiger partial charge on any atom is 0.294 e. The van der Waals surface area contributed by atoms with Crippen molar-refractivity contribution < 1.29 is 14.0 Å². The summed E-state index contributed by atoms with van der Waals surface area (Å²) < 4.78 is 5.36. The summed E-state index contributed by atoms with van der Waals surface area (Å²) in [5, 5.41) is 3.14. The van der Waals surface area contributed by atoms with Crippen LogP contribution in [0.3, 0.4) is 0 Å². The van der Waals surface area contributed by atoms with E-state index in [1.54, 1.807) is 36.7 Å². The van der Waals surface area contributed by atoms with E-state index in [0.717, 1.165) is 25.7 Å². The van der Waals surface area contributed by atoms with Gasteiger partial charge in [-0.2, -0.15) is 0 Å². The maximum absolute atomic E-state index is 13.4. The molecule has 1 saturated carbocycles. The summed E-state index contributed by atoms with van der Waals surface area (Å²) in [7, 11) is 0. The largest absolute Gasteiger partial charge is 0.459 e. The SMILES string of the molecule is O=C(NC1CCCC1)[C@H](c1ccncc1)N(C(=O)c1ccco1)c1ccccc1. The van der Waals surface area contributed by atoms with Gasteiger partial charge in [0.1, 0.15) is 6.04 Å². The fourth-order valence-corrected chi connectivity index (χ4v) is 3.80.